The van der Waals surface area contributed by atoms with Gasteiger partial charge in [-0.2, -0.15) is 15.8 Å². The standard InChI is InChI=1S/C45H25N5/c46-26-29-20-22-42-38(24-29)39-25-30(21-23-43(39)49(42)33-12-2-1-3-13-33)44-31(27-47)10-8-16-36(44)37-17-9-11-32(28-48)45(37)50-40-18-6-4-14-34(40)35-15-5-7-19-41(35)50/h1-25H. The minimum atomic E-state index is 0.530. The number of rotatable bonds is 4. The van der Waals surface area contributed by atoms with Crippen molar-refractivity contribution in [2.75, 3.05) is 0 Å². The highest BCUT2D eigenvalue weighted by molar-refractivity contribution is 6.12. The Morgan fingerprint density at radius 2 is 0.980 bits per heavy atom. The van der Waals surface area contributed by atoms with Crippen molar-refractivity contribution >= 4 is 43.6 Å². The van der Waals surface area contributed by atoms with Crippen LogP contribution in [0.5, 0.6) is 0 Å². The Hall–Kier alpha value is -7.39. The zero-order valence-corrected chi connectivity index (χ0v) is 26.7. The molecule has 2 aromatic heterocycles. The first-order valence-corrected chi connectivity index (χ1v) is 16.3. The molecule has 0 saturated heterocycles. The molecule has 0 atom stereocenters. The largest absolute Gasteiger partial charge is 0.309 e. The summed E-state index contributed by atoms with van der Waals surface area (Å²) in [5.74, 6) is 0. The van der Waals surface area contributed by atoms with Crippen molar-refractivity contribution in [2.24, 2.45) is 0 Å². The second-order valence-electron chi connectivity index (χ2n) is 12.3. The Morgan fingerprint density at radius 3 is 1.66 bits per heavy atom. The van der Waals surface area contributed by atoms with Crippen LogP contribution in [0, 0.1) is 34.0 Å². The molecule has 9 aromatic rings. The van der Waals surface area contributed by atoms with E-state index in [0.717, 1.165) is 77.2 Å². The summed E-state index contributed by atoms with van der Waals surface area (Å²) in [6.07, 6.45) is 0. The maximum atomic E-state index is 10.5. The van der Waals surface area contributed by atoms with E-state index in [2.05, 4.69) is 81.9 Å². The molecule has 0 aliphatic carbocycles. The third-order valence-corrected chi connectivity index (χ3v) is 9.63. The van der Waals surface area contributed by atoms with Crippen LogP contribution in [-0.4, -0.2) is 9.13 Å². The molecule has 0 saturated carbocycles. The number of fused-ring (bicyclic) bond motifs is 6. The molecule has 0 fully saturated rings. The molecule has 0 spiro atoms. The first kappa shape index (κ1) is 28.8. The van der Waals surface area contributed by atoms with Gasteiger partial charge in [-0.15, -0.1) is 0 Å². The molecule has 7 aromatic carbocycles. The van der Waals surface area contributed by atoms with Crippen LogP contribution in [0.15, 0.2) is 152 Å². The Bertz CT molecular complexity index is 2910. The highest BCUT2D eigenvalue weighted by Gasteiger charge is 2.23. The number of benzene rings is 7. The van der Waals surface area contributed by atoms with E-state index >= 15 is 0 Å². The van der Waals surface area contributed by atoms with E-state index in [0.29, 0.717) is 16.7 Å². The summed E-state index contributed by atoms with van der Waals surface area (Å²) in [5.41, 5.74) is 10.8. The Balaban J connectivity index is 1.36. The first-order valence-electron chi connectivity index (χ1n) is 16.3. The number of hydrogen-bond acceptors (Lipinski definition) is 3. The zero-order chi connectivity index (χ0) is 33.8. The topological polar surface area (TPSA) is 81.2 Å². The van der Waals surface area contributed by atoms with Gasteiger partial charge in [0.05, 0.1) is 56.6 Å². The van der Waals surface area contributed by atoms with Gasteiger partial charge in [0.25, 0.3) is 0 Å². The van der Waals surface area contributed by atoms with Crippen LogP contribution in [0.4, 0.5) is 0 Å². The molecule has 0 radical (unpaired) electrons. The van der Waals surface area contributed by atoms with Gasteiger partial charge in [-0.3, -0.25) is 0 Å². The van der Waals surface area contributed by atoms with Crippen LogP contribution in [-0.2, 0) is 0 Å². The molecule has 0 bridgehead atoms. The molecule has 9 rings (SSSR count). The minimum Gasteiger partial charge on any atom is -0.309 e. The number of nitriles is 3. The maximum absolute atomic E-state index is 10.5. The van der Waals surface area contributed by atoms with Gasteiger partial charge in [-0.1, -0.05) is 84.9 Å². The van der Waals surface area contributed by atoms with Gasteiger partial charge in [0, 0.05) is 38.4 Å². The maximum Gasteiger partial charge on any atom is 0.101 e. The average molecular weight is 636 g/mol. The molecule has 2 heterocycles. The molecular weight excluding hydrogens is 611 g/mol. The third kappa shape index (κ3) is 4.24. The fraction of sp³-hybridized carbons (Fsp3) is 0. The van der Waals surface area contributed by atoms with Gasteiger partial charge in [0.2, 0.25) is 0 Å². The predicted octanol–water partition coefficient (Wildman–Crippen LogP) is 10.8. The van der Waals surface area contributed by atoms with E-state index in [4.69, 9.17) is 0 Å². The van der Waals surface area contributed by atoms with Crippen LogP contribution in [0.1, 0.15) is 16.7 Å². The van der Waals surface area contributed by atoms with Crippen molar-refractivity contribution in [3.05, 3.63) is 168 Å². The highest BCUT2D eigenvalue weighted by Crippen LogP contribution is 2.43. The van der Waals surface area contributed by atoms with E-state index in [1.165, 1.54) is 0 Å². The average Bonchev–Trinajstić information content (AvgIpc) is 3.69. The van der Waals surface area contributed by atoms with Crippen LogP contribution < -0.4 is 0 Å². The zero-order valence-electron chi connectivity index (χ0n) is 26.7. The predicted molar refractivity (Wildman–Crippen MR) is 200 cm³/mol. The van der Waals surface area contributed by atoms with Crippen molar-refractivity contribution in [2.45, 2.75) is 0 Å². The minimum absolute atomic E-state index is 0.530. The van der Waals surface area contributed by atoms with E-state index in [1.54, 1.807) is 0 Å². The number of para-hydroxylation sites is 4. The lowest BCUT2D eigenvalue weighted by molar-refractivity contribution is 1.17. The molecule has 50 heavy (non-hydrogen) atoms. The molecule has 0 amide bonds. The van der Waals surface area contributed by atoms with Gasteiger partial charge in [-0.05, 0) is 77.9 Å². The van der Waals surface area contributed by atoms with Gasteiger partial charge in [0.1, 0.15) is 6.07 Å². The molecule has 0 aliphatic rings. The smallest absolute Gasteiger partial charge is 0.101 e. The first-order chi connectivity index (χ1) is 24.7. The second-order valence-corrected chi connectivity index (χ2v) is 12.3. The van der Waals surface area contributed by atoms with Gasteiger partial charge >= 0.3 is 0 Å². The van der Waals surface area contributed by atoms with Crippen molar-refractivity contribution in [1.29, 1.82) is 15.8 Å². The SMILES string of the molecule is N#Cc1ccc2c(c1)c1cc(-c3c(C#N)cccc3-c3cccc(C#N)c3-n3c4ccccc4c4ccccc43)ccc1n2-c1ccccc1. The van der Waals surface area contributed by atoms with Gasteiger partial charge < -0.3 is 9.13 Å². The number of hydrogen-bond donors (Lipinski definition) is 0. The van der Waals surface area contributed by atoms with E-state index in [-0.39, 0.29) is 0 Å². The quantitative estimate of drug-likeness (QED) is 0.193. The van der Waals surface area contributed by atoms with Gasteiger partial charge in [-0.25, -0.2) is 0 Å². The van der Waals surface area contributed by atoms with Crippen LogP contribution in [0.25, 0.3) is 77.2 Å². The number of nitrogens with zero attached hydrogens (tertiary/aromatic N) is 5. The van der Waals surface area contributed by atoms with Crippen molar-refractivity contribution in [3.63, 3.8) is 0 Å². The normalized spacial score (nSPS) is 11.1. The number of aromatic nitrogens is 2. The Morgan fingerprint density at radius 1 is 0.400 bits per heavy atom. The lowest BCUT2D eigenvalue weighted by Crippen LogP contribution is -2.02. The fourth-order valence-electron chi connectivity index (χ4n) is 7.54. The van der Waals surface area contributed by atoms with Crippen molar-refractivity contribution in [1.82, 2.24) is 9.13 Å². The summed E-state index contributed by atoms with van der Waals surface area (Å²) >= 11 is 0. The third-order valence-electron chi connectivity index (χ3n) is 9.63. The fourth-order valence-corrected chi connectivity index (χ4v) is 7.54. The van der Waals surface area contributed by atoms with E-state index in [1.807, 2.05) is 97.1 Å². The lowest BCUT2D eigenvalue weighted by Gasteiger charge is -2.19. The molecule has 0 aliphatic heterocycles. The van der Waals surface area contributed by atoms with Crippen LogP contribution >= 0.6 is 0 Å². The summed E-state index contributed by atoms with van der Waals surface area (Å²) in [6.45, 7) is 0. The Kier molecular flexibility index (Phi) is 6.56. The van der Waals surface area contributed by atoms with Crippen LogP contribution in [0.2, 0.25) is 0 Å². The highest BCUT2D eigenvalue weighted by atomic mass is 15.0. The summed E-state index contributed by atoms with van der Waals surface area (Å²) < 4.78 is 4.39. The summed E-state index contributed by atoms with van der Waals surface area (Å²) in [4.78, 5) is 0. The molecule has 5 nitrogen and oxygen atoms in total. The second kappa shape index (κ2) is 11.4. The van der Waals surface area contributed by atoms with Crippen molar-refractivity contribution in [3.8, 4) is 51.8 Å². The van der Waals surface area contributed by atoms with Crippen LogP contribution in [0.3, 0.4) is 0 Å². The van der Waals surface area contributed by atoms with Crippen molar-refractivity contribution < 1.29 is 0 Å². The summed E-state index contributed by atoms with van der Waals surface area (Å²) in [6, 6.07) is 57.6. The summed E-state index contributed by atoms with van der Waals surface area (Å²) in [7, 11) is 0. The molecule has 0 unspecified atom stereocenters. The van der Waals surface area contributed by atoms with E-state index < -0.39 is 0 Å². The summed E-state index contributed by atoms with van der Waals surface area (Å²) in [5, 5.41) is 35.0. The molecule has 0 N–H and O–H groups in total. The molecule has 230 valence electrons. The van der Waals surface area contributed by atoms with Gasteiger partial charge in [0.15, 0.2) is 0 Å². The molecule has 5 heteroatoms. The lowest BCUT2D eigenvalue weighted by atomic mass is 9.88. The van der Waals surface area contributed by atoms with E-state index in [9.17, 15) is 15.8 Å². The Labute approximate surface area is 287 Å². The monoisotopic (exact) mass is 635 g/mol. The molecular formula is C45H25N5.